The first-order valence-corrected chi connectivity index (χ1v) is 32.9. The molecule has 6 nitrogen and oxygen atoms in total. The van der Waals surface area contributed by atoms with Gasteiger partial charge >= 0.3 is 17.9 Å². The molecule has 0 aliphatic heterocycles. The van der Waals surface area contributed by atoms with Crippen molar-refractivity contribution < 1.29 is 28.6 Å². The van der Waals surface area contributed by atoms with Crippen LogP contribution in [0.3, 0.4) is 0 Å². The third-order valence-corrected chi connectivity index (χ3v) is 13.1. The molecule has 6 heteroatoms. The largest absolute Gasteiger partial charge is 0.462 e. The van der Waals surface area contributed by atoms with Gasteiger partial charge in [-0.1, -0.05) is 267 Å². The average Bonchev–Trinajstić information content (AvgIpc) is 3.49. The van der Waals surface area contributed by atoms with Crippen LogP contribution in [-0.4, -0.2) is 37.2 Å². The molecular weight excluding hydrogens is 1020 g/mol. The summed E-state index contributed by atoms with van der Waals surface area (Å²) < 4.78 is 16.8. The maximum absolute atomic E-state index is 12.9. The second-order valence-corrected chi connectivity index (χ2v) is 20.9. The Kier molecular flexibility index (Phi) is 64.0. The predicted octanol–water partition coefficient (Wildman–Crippen LogP) is 23.0. The van der Waals surface area contributed by atoms with Gasteiger partial charge in [-0.3, -0.25) is 14.4 Å². The molecule has 0 spiro atoms. The summed E-state index contributed by atoms with van der Waals surface area (Å²) in [6, 6.07) is 0. The first-order chi connectivity index (χ1) is 41.0. The number of esters is 3. The van der Waals surface area contributed by atoms with Crippen molar-refractivity contribution in [2.45, 2.75) is 258 Å². The van der Waals surface area contributed by atoms with Gasteiger partial charge in [0.15, 0.2) is 6.10 Å². The highest BCUT2D eigenvalue weighted by Gasteiger charge is 2.19. The zero-order valence-electron chi connectivity index (χ0n) is 52.9. The van der Waals surface area contributed by atoms with E-state index >= 15 is 0 Å². The summed E-state index contributed by atoms with van der Waals surface area (Å²) in [4.78, 5) is 38.3. The summed E-state index contributed by atoms with van der Waals surface area (Å²) in [7, 11) is 0. The van der Waals surface area contributed by atoms with Crippen LogP contribution >= 0.6 is 0 Å². The fraction of sp³-hybridized carbons (Fsp3) is 0.545. The number of ether oxygens (including phenoxy) is 3. The summed E-state index contributed by atoms with van der Waals surface area (Å²) in [5, 5.41) is 0. The molecule has 0 N–H and O–H groups in total. The van der Waals surface area contributed by atoms with Gasteiger partial charge in [-0.25, -0.2) is 0 Å². The Morgan fingerprint density at radius 2 is 0.482 bits per heavy atom. The first-order valence-electron chi connectivity index (χ1n) is 32.9. The zero-order valence-corrected chi connectivity index (χ0v) is 52.9. The van der Waals surface area contributed by atoms with Gasteiger partial charge in [0.05, 0.1) is 0 Å². The van der Waals surface area contributed by atoms with Crippen LogP contribution in [-0.2, 0) is 28.6 Å². The topological polar surface area (TPSA) is 78.9 Å². The van der Waals surface area contributed by atoms with Crippen molar-refractivity contribution in [2.75, 3.05) is 13.2 Å². The Morgan fingerprint density at radius 3 is 0.807 bits per heavy atom. The minimum absolute atomic E-state index is 0.130. The lowest BCUT2D eigenvalue weighted by atomic mass is 10.1. The quantitative estimate of drug-likeness (QED) is 0.0261. The number of hydrogen-bond acceptors (Lipinski definition) is 6. The molecule has 462 valence electrons. The first kappa shape index (κ1) is 77.2. The molecule has 0 amide bonds. The Bertz CT molecular complexity index is 1990. The van der Waals surface area contributed by atoms with E-state index in [1.54, 1.807) is 0 Å². The molecule has 0 rings (SSSR count). The number of allylic oxidation sites excluding steroid dienone is 32. The number of carbonyl (C=O) groups is 3. The normalized spacial score (nSPS) is 13.4. The second kappa shape index (κ2) is 68.7. The molecule has 0 heterocycles. The van der Waals surface area contributed by atoms with Crippen molar-refractivity contribution in [3.63, 3.8) is 0 Å². The van der Waals surface area contributed by atoms with Gasteiger partial charge < -0.3 is 14.2 Å². The molecule has 0 aromatic carbocycles. The molecule has 0 saturated carbocycles. The van der Waals surface area contributed by atoms with Gasteiger partial charge in [-0.05, 0) is 161 Å². The van der Waals surface area contributed by atoms with E-state index in [0.29, 0.717) is 19.3 Å². The summed E-state index contributed by atoms with van der Waals surface area (Å²) in [6.45, 7) is 6.30. The van der Waals surface area contributed by atoms with Crippen LogP contribution in [0.15, 0.2) is 194 Å². The van der Waals surface area contributed by atoms with Crippen molar-refractivity contribution in [3.05, 3.63) is 194 Å². The Hall–Kier alpha value is -5.75. The summed E-state index contributed by atoms with van der Waals surface area (Å²) in [5.74, 6) is -1.05. The molecule has 0 bridgehead atoms. The third kappa shape index (κ3) is 66.9. The highest BCUT2D eigenvalue weighted by Crippen LogP contribution is 2.13. The summed E-state index contributed by atoms with van der Waals surface area (Å²) in [5.41, 5.74) is 0. The van der Waals surface area contributed by atoms with Crippen LogP contribution in [0, 0.1) is 0 Å². The van der Waals surface area contributed by atoms with Gasteiger partial charge in [0.1, 0.15) is 13.2 Å². The van der Waals surface area contributed by atoms with Crippen molar-refractivity contribution in [1.82, 2.24) is 0 Å². The average molecular weight is 1140 g/mol. The third-order valence-electron chi connectivity index (χ3n) is 13.1. The molecule has 0 fully saturated rings. The molecule has 0 aliphatic rings. The van der Waals surface area contributed by atoms with Gasteiger partial charge in [0.25, 0.3) is 0 Å². The van der Waals surface area contributed by atoms with Crippen molar-refractivity contribution in [1.29, 1.82) is 0 Å². The van der Waals surface area contributed by atoms with Gasteiger partial charge in [0, 0.05) is 19.3 Å². The minimum atomic E-state index is -0.844. The van der Waals surface area contributed by atoms with E-state index < -0.39 is 6.10 Å². The SMILES string of the molecule is CC/C=C\C/C=C\C/C=C\C/C=C\C/C=C\C/C=C\C/C=C\C/C=C\CCCCC(=O)OCC(COC(=O)CCCCCCC/C=C\CCCCCCCC)OC(=O)CCC/C=C\C/C=C\C/C=C\C/C=C\C/C=C\C/C=C\C/C=C\CC. The smallest absolute Gasteiger partial charge is 0.306 e. The molecule has 0 radical (unpaired) electrons. The molecule has 0 aromatic heterocycles. The van der Waals surface area contributed by atoms with E-state index in [9.17, 15) is 14.4 Å². The molecule has 83 heavy (non-hydrogen) atoms. The lowest BCUT2D eigenvalue weighted by Gasteiger charge is -2.18. The van der Waals surface area contributed by atoms with E-state index in [-0.39, 0.29) is 44.0 Å². The number of hydrogen-bond donors (Lipinski definition) is 0. The van der Waals surface area contributed by atoms with Crippen LogP contribution in [0.25, 0.3) is 0 Å². The predicted molar refractivity (Wildman–Crippen MR) is 361 cm³/mol. The van der Waals surface area contributed by atoms with Gasteiger partial charge in [-0.2, -0.15) is 0 Å². The molecular formula is C77H118O6. The number of carbonyl (C=O) groups excluding carboxylic acids is 3. The fourth-order valence-electron chi connectivity index (χ4n) is 8.21. The van der Waals surface area contributed by atoms with Crippen LogP contribution in [0.4, 0.5) is 0 Å². The van der Waals surface area contributed by atoms with Crippen LogP contribution in [0.5, 0.6) is 0 Å². The molecule has 0 aromatic rings. The van der Waals surface area contributed by atoms with E-state index in [2.05, 4.69) is 215 Å². The van der Waals surface area contributed by atoms with Crippen LogP contribution < -0.4 is 0 Å². The molecule has 1 unspecified atom stereocenters. The van der Waals surface area contributed by atoms with Crippen molar-refractivity contribution >= 4 is 17.9 Å². The molecule has 0 aliphatic carbocycles. The van der Waals surface area contributed by atoms with Crippen molar-refractivity contribution in [3.8, 4) is 0 Å². The lowest BCUT2D eigenvalue weighted by Crippen LogP contribution is -2.30. The van der Waals surface area contributed by atoms with Crippen molar-refractivity contribution in [2.24, 2.45) is 0 Å². The maximum Gasteiger partial charge on any atom is 0.306 e. The van der Waals surface area contributed by atoms with Crippen LogP contribution in [0.1, 0.15) is 252 Å². The van der Waals surface area contributed by atoms with E-state index in [1.807, 2.05) is 0 Å². The lowest BCUT2D eigenvalue weighted by molar-refractivity contribution is -0.167. The van der Waals surface area contributed by atoms with E-state index in [4.69, 9.17) is 14.2 Å². The van der Waals surface area contributed by atoms with E-state index in [0.717, 1.165) is 148 Å². The van der Waals surface area contributed by atoms with Crippen LogP contribution in [0.2, 0.25) is 0 Å². The monoisotopic (exact) mass is 1140 g/mol. The molecule has 1 atom stereocenters. The maximum atomic E-state index is 12.9. The highest BCUT2D eigenvalue weighted by atomic mass is 16.6. The Labute approximate surface area is 509 Å². The number of unbranched alkanes of at least 4 members (excludes halogenated alkanes) is 14. The Balaban J connectivity index is 4.60. The standard InChI is InChI=1S/C77H118O6/c1-4-7-10-13-16-19-22-25-28-30-32-34-36-37-38-39-41-42-44-46-49-52-55-58-61-64-67-70-76(79)82-73-74(72-81-75(78)69-66-63-60-57-54-51-48-27-24-21-18-15-12-9-6-3)83-77(80)71-68-65-62-59-56-53-50-47-45-43-40-35-33-31-29-26-23-20-17-14-11-8-5-2/h7-8,10-11,16-17,19-20,25-29,32-35,37-38,41-43,45-46,48-50,53,55,58-59,62,74H,4-6,9,12-15,18,21-24,30-31,36,39-40,44,47,51-52,54,56-57,60-61,63-73H2,1-3H3/b10-7-,11-8-,19-16-,20-17-,28-25-,29-26-,34-32-,35-33-,38-37-,42-41-,45-43-,48-27-,49-46-,53-50-,58-55-,62-59-. The van der Waals surface area contributed by atoms with E-state index in [1.165, 1.54) is 51.4 Å². The number of rotatable bonds is 57. The van der Waals surface area contributed by atoms with Gasteiger partial charge in [-0.15, -0.1) is 0 Å². The second-order valence-electron chi connectivity index (χ2n) is 20.9. The zero-order chi connectivity index (χ0) is 59.9. The Morgan fingerprint density at radius 1 is 0.253 bits per heavy atom. The van der Waals surface area contributed by atoms with Gasteiger partial charge in [0.2, 0.25) is 0 Å². The summed E-state index contributed by atoms with van der Waals surface area (Å²) in [6.07, 6.45) is 104. The highest BCUT2D eigenvalue weighted by molar-refractivity contribution is 5.71. The fourth-order valence-corrected chi connectivity index (χ4v) is 8.21. The summed E-state index contributed by atoms with van der Waals surface area (Å²) >= 11 is 0. The molecule has 0 saturated heterocycles. The minimum Gasteiger partial charge on any atom is -0.462 e.